The molecule has 1 aromatic heterocycles. The molecule has 2 aromatic rings. The van der Waals surface area contributed by atoms with Crippen LogP contribution in [-0.4, -0.2) is 42.0 Å². The van der Waals surface area contributed by atoms with Gasteiger partial charge in [-0.25, -0.2) is 0 Å². The van der Waals surface area contributed by atoms with E-state index in [0.717, 1.165) is 18.8 Å². The zero-order valence-electron chi connectivity index (χ0n) is 16.6. The third-order valence-electron chi connectivity index (χ3n) is 4.73. The molecule has 2 amide bonds. The molecule has 1 saturated heterocycles. The van der Waals surface area contributed by atoms with Gasteiger partial charge in [0.2, 0.25) is 0 Å². The zero-order valence-corrected chi connectivity index (χ0v) is 17.4. The summed E-state index contributed by atoms with van der Waals surface area (Å²) in [5, 5.41) is 2.62. The molecule has 7 nitrogen and oxygen atoms in total. The highest BCUT2D eigenvalue weighted by Crippen LogP contribution is 2.28. The maximum absolute atomic E-state index is 13.0. The monoisotopic (exact) mass is 413 g/mol. The van der Waals surface area contributed by atoms with Crippen LogP contribution in [-0.2, 0) is 16.1 Å². The van der Waals surface area contributed by atoms with Gasteiger partial charge >= 0.3 is 0 Å². The fraction of sp³-hybridized carbons (Fsp3) is 0.286. The molecule has 0 aliphatic carbocycles. The van der Waals surface area contributed by atoms with Crippen molar-refractivity contribution in [1.82, 2.24) is 10.2 Å². The Bertz CT molecular complexity index is 949. The Morgan fingerprint density at radius 1 is 1.24 bits per heavy atom. The van der Waals surface area contributed by atoms with Crippen LogP contribution in [0.15, 0.2) is 46.6 Å². The second-order valence-corrected chi connectivity index (χ2v) is 6.77. The van der Waals surface area contributed by atoms with Crippen LogP contribution in [0, 0.1) is 0 Å². The number of methoxy groups -OCH3 is 1. The fourth-order valence-electron chi connectivity index (χ4n) is 3.16. The summed E-state index contributed by atoms with van der Waals surface area (Å²) >= 11 is 5.17. The SMILES string of the molecule is CCN(CC)c1ccc(/C=C2/C(=O)NC(=S)N(Cc3ccco3)C2=O)c(OC)c1. The van der Waals surface area contributed by atoms with Crippen molar-refractivity contribution in [2.75, 3.05) is 25.1 Å². The first-order chi connectivity index (χ1) is 14.0. The highest BCUT2D eigenvalue weighted by Gasteiger charge is 2.34. The van der Waals surface area contributed by atoms with E-state index in [4.69, 9.17) is 21.4 Å². The molecule has 1 aromatic carbocycles. The number of carbonyl (C=O) groups is 2. The molecule has 3 rings (SSSR count). The van der Waals surface area contributed by atoms with E-state index in [1.165, 1.54) is 17.2 Å². The standard InChI is InChI=1S/C21H23N3O4S/c1-4-23(5-2)15-9-8-14(18(12-15)27-3)11-17-19(25)22-21(29)24(20(17)26)13-16-7-6-10-28-16/h6-12H,4-5,13H2,1-3H3,(H,22,25,29)/b17-11-. The molecule has 1 aliphatic heterocycles. The number of thiocarbonyl (C=S) groups is 1. The van der Waals surface area contributed by atoms with Crippen molar-refractivity contribution in [2.45, 2.75) is 20.4 Å². The van der Waals surface area contributed by atoms with E-state index in [9.17, 15) is 9.59 Å². The van der Waals surface area contributed by atoms with E-state index in [1.54, 1.807) is 19.2 Å². The molecule has 2 heterocycles. The summed E-state index contributed by atoms with van der Waals surface area (Å²) in [5.41, 5.74) is 1.63. The molecule has 1 aliphatic rings. The minimum atomic E-state index is -0.537. The first kappa shape index (κ1) is 20.6. The van der Waals surface area contributed by atoms with Crippen LogP contribution in [0.2, 0.25) is 0 Å². The van der Waals surface area contributed by atoms with Crippen molar-refractivity contribution in [3.63, 3.8) is 0 Å². The predicted molar refractivity (Wildman–Crippen MR) is 115 cm³/mol. The summed E-state index contributed by atoms with van der Waals surface area (Å²) in [5.74, 6) is 0.126. The van der Waals surface area contributed by atoms with Crippen LogP contribution >= 0.6 is 12.2 Å². The maximum Gasteiger partial charge on any atom is 0.266 e. The van der Waals surface area contributed by atoms with Crippen LogP contribution in [0.4, 0.5) is 5.69 Å². The number of rotatable bonds is 7. The van der Waals surface area contributed by atoms with Gasteiger partial charge in [0.15, 0.2) is 5.11 Å². The van der Waals surface area contributed by atoms with Gasteiger partial charge in [-0.05, 0) is 56.4 Å². The van der Waals surface area contributed by atoms with E-state index >= 15 is 0 Å². The fourth-order valence-corrected chi connectivity index (χ4v) is 3.40. The molecule has 0 spiro atoms. The van der Waals surface area contributed by atoms with Crippen molar-refractivity contribution in [3.05, 3.63) is 53.5 Å². The normalized spacial score (nSPS) is 15.6. The molecule has 0 saturated carbocycles. The lowest BCUT2D eigenvalue weighted by molar-refractivity contribution is -0.129. The summed E-state index contributed by atoms with van der Waals surface area (Å²) < 4.78 is 10.8. The van der Waals surface area contributed by atoms with Gasteiger partial charge in [-0.15, -0.1) is 0 Å². The Hall–Kier alpha value is -3.13. The lowest BCUT2D eigenvalue weighted by Gasteiger charge is -2.28. The van der Waals surface area contributed by atoms with Crippen LogP contribution in [0.5, 0.6) is 5.75 Å². The minimum absolute atomic E-state index is 0.0148. The Morgan fingerprint density at radius 2 is 2.00 bits per heavy atom. The molecule has 0 unspecified atom stereocenters. The second kappa shape index (κ2) is 8.91. The lowest BCUT2D eigenvalue weighted by atomic mass is 10.1. The largest absolute Gasteiger partial charge is 0.496 e. The molecule has 1 fully saturated rings. The third kappa shape index (κ3) is 4.32. The van der Waals surface area contributed by atoms with E-state index in [-0.39, 0.29) is 17.2 Å². The van der Waals surface area contributed by atoms with Gasteiger partial charge < -0.3 is 14.1 Å². The summed E-state index contributed by atoms with van der Waals surface area (Å²) in [6, 6.07) is 9.15. The number of nitrogens with one attached hydrogen (secondary N) is 1. The highest BCUT2D eigenvalue weighted by atomic mass is 32.1. The molecule has 29 heavy (non-hydrogen) atoms. The topological polar surface area (TPSA) is 75.0 Å². The quantitative estimate of drug-likeness (QED) is 0.427. The van der Waals surface area contributed by atoms with Crippen molar-refractivity contribution in [1.29, 1.82) is 0 Å². The molecule has 0 atom stereocenters. The van der Waals surface area contributed by atoms with Crippen LogP contribution in [0.25, 0.3) is 6.08 Å². The first-order valence-electron chi connectivity index (χ1n) is 9.32. The number of hydrogen-bond acceptors (Lipinski definition) is 6. The van der Waals surface area contributed by atoms with Crippen molar-refractivity contribution in [2.24, 2.45) is 0 Å². The molecule has 152 valence electrons. The van der Waals surface area contributed by atoms with Crippen LogP contribution in [0.1, 0.15) is 25.2 Å². The number of anilines is 1. The summed E-state index contributed by atoms with van der Waals surface area (Å²) in [7, 11) is 1.56. The van der Waals surface area contributed by atoms with Gasteiger partial charge in [-0.1, -0.05) is 0 Å². The van der Waals surface area contributed by atoms with Gasteiger partial charge in [0, 0.05) is 30.4 Å². The van der Waals surface area contributed by atoms with E-state index in [2.05, 4.69) is 24.1 Å². The van der Waals surface area contributed by atoms with Crippen LogP contribution < -0.4 is 15.0 Å². The van der Waals surface area contributed by atoms with E-state index in [1.807, 2.05) is 18.2 Å². The van der Waals surface area contributed by atoms with Gasteiger partial charge in [-0.3, -0.25) is 19.8 Å². The van der Waals surface area contributed by atoms with Gasteiger partial charge in [0.25, 0.3) is 11.8 Å². The van der Waals surface area contributed by atoms with Crippen molar-refractivity contribution < 1.29 is 18.7 Å². The smallest absolute Gasteiger partial charge is 0.266 e. The van der Waals surface area contributed by atoms with Crippen molar-refractivity contribution >= 4 is 40.9 Å². The molecule has 0 bridgehead atoms. The number of hydrogen-bond donors (Lipinski definition) is 1. The Morgan fingerprint density at radius 3 is 2.62 bits per heavy atom. The van der Waals surface area contributed by atoms with E-state index in [0.29, 0.717) is 17.1 Å². The number of amides is 2. The summed E-state index contributed by atoms with van der Waals surface area (Å²) in [6.07, 6.45) is 3.05. The number of nitrogens with zero attached hydrogens (tertiary/aromatic N) is 2. The molecule has 1 N–H and O–H groups in total. The Labute approximate surface area is 174 Å². The Kier molecular flexibility index (Phi) is 6.33. The molecule has 0 radical (unpaired) electrons. The summed E-state index contributed by atoms with van der Waals surface area (Å²) in [6.45, 7) is 6.02. The third-order valence-corrected chi connectivity index (χ3v) is 5.05. The molecular weight excluding hydrogens is 390 g/mol. The summed E-state index contributed by atoms with van der Waals surface area (Å²) in [4.78, 5) is 28.9. The average Bonchev–Trinajstić information content (AvgIpc) is 3.23. The first-order valence-corrected chi connectivity index (χ1v) is 9.73. The van der Waals surface area contributed by atoms with E-state index < -0.39 is 11.8 Å². The zero-order chi connectivity index (χ0) is 21.0. The van der Waals surface area contributed by atoms with Gasteiger partial charge in [0.05, 0.1) is 19.9 Å². The lowest BCUT2D eigenvalue weighted by Crippen LogP contribution is -2.53. The van der Waals surface area contributed by atoms with Crippen molar-refractivity contribution in [3.8, 4) is 5.75 Å². The number of ether oxygens (including phenoxy) is 1. The second-order valence-electron chi connectivity index (χ2n) is 6.39. The van der Waals surface area contributed by atoms with Crippen LogP contribution in [0.3, 0.4) is 0 Å². The molecular formula is C21H23N3O4S. The average molecular weight is 413 g/mol. The van der Waals surface area contributed by atoms with Gasteiger partial charge in [-0.2, -0.15) is 0 Å². The number of carbonyl (C=O) groups excluding carboxylic acids is 2. The number of benzene rings is 1. The highest BCUT2D eigenvalue weighted by molar-refractivity contribution is 7.80. The minimum Gasteiger partial charge on any atom is -0.496 e. The number of furan rings is 1. The Balaban J connectivity index is 1.94. The predicted octanol–water partition coefficient (Wildman–Crippen LogP) is 2.96. The van der Waals surface area contributed by atoms with Gasteiger partial charge in [0.1, 0.15) is 17.1 Å². The molecule has 8 heteroatoms. The maximum atomic E-state index is 13.0.